The van der Waals surface area contributed by atoms with Crippen LogP contribution in [0.1, 0.15) is 11.1 Å². The number of rotatable bonds is 6. The van der Waals surface area contributed by atoms with Crippen molar-refractivity contribution in [1.29, 1.82) is 0 Å². The van der Waals surface area contributed by atoms with Gasteiger partial charge in [-0.3, -0.25) is 10.4 Å². The summed E-state index contributed by atoms with van der Waals surface area (Å²) in [6.07, 6.45) is 1.67. The van der Waals surface area contributed by atoms with Gasteiger partial charge in [-0.05, 0) is 36.8 Å². The highest BCUT2D eigenvalue weighted by Crippen LogP contribution is 2.30. The third-order valence-corrected chi connectivity index (χ3v) is 4.48. The predicted molar refractivity (Wildman–Crippen MR) is 111 cm³/mol. The number of ether oxygens (including phenoxy) is 2. The van der Waals surface area contributed by atoms with Crippen LogP contribution in [0.2, 0.25) is 0 Å². The van der Waals surface area contributed by atoms with Crippen LogP contribution in [-0.2, 0) is 6.61 Å². The Kier molecular flexibility index (Phi) is 6.28. The number of carbonyl (C=O) groups excluding carboxylic acids is 1. The fourth-order valence-electron chi connectivity index (χ4n) is 2.94. The van der Waals surface area contributed by atoms with Crippen molar-refractivity contribution in [3.05, 3.63) is 71.9 Å². The van der Waals surface area contributed by atoms with E-state index in [0.29, 0.717) is 11.4 Å². The molecule has 150 valence electrons. The Morgan fingerprint density at radius 2 is 1.97 bits per heavy atom. The number of benzene rings is 2. The summed E-state index contributed by atoms with van der Waals surface area (Å²) in [7, 11) is 1.62. The fourth-order valence-corrected chi connectivity index (χ4v) is 2.94. The van der Waals surface area contributed by atoms with Gasteiger partial charge in [0.05, 0.1) is 18.5 Å². The number of pyridine rings is 1. The van der Waals surface area contributed by atoms with Gasteiger partial charge in [0.15, 0.2) is 0 Å². The van der Waals surface area contributed by atoms with E-state index in [9.17, 15) is 4.79 Å². The first-order valence-electron chi connectivity index (χ1n) is 8.91. The molecule has 0 aliphatic carbocycles. The number of carbonyl (C=O) groups is 1. The van der Waals surface area contributed by atoms with Crippen LogP contribution in [0.4, 0.5) is 10.5 Å². The second-order valence-corrected chi connectivity index (χ2v) is 6.26. The van der Waals surface area contributed by atoms with Gasteiger partial charge >= 0.3 is 6.03 Å². The lowest BCUT2D eigenvalue weighted by Gasteiger charge is -2.21. The maximum Gasteiger partial charge on any atom is 0.350 e. The lowest BCUT2D eigenvalue weighted by molar-refractivity contribution is 0.246. The zero-order valence-electron chi connectivity index (χ0n) is 16.3. The summed E-state index contributed by atoms with van der Waals surface area (Å²) in [6, 6.07) is 16.1. The highest BCUT2D eigenvalue weighted by atomic mass is 16.5. The van der Waals surface area contributed by atoms with E-state index in [2.05, 4.69) is 4.98 Å². The highest BCUT2D eigenvalue weighted by molar-refractivity contribution is 5.91. The van der Waals surface area contributed by atoms with Crippen molar-refractivity contribution in [2.75, 3.05) is 12.1 Å². The molecule has 2 aromatic carbocycles. The van der Waals surface area contributed by atoms with Crippen LogP contribution >= 0.6 is 0 Å². The Morgan fingerprint density at radius 1 is 1.17 bits per heavy atom. The predicted octanol–water partition coefficient (Wildman–Crippen LogP) is 2.91. The van der Waals surface area contributed by atoms with Crippen LogP contribution in [0.5, 0.6) is 11.5 Å². The van der Waals surface area contributed by atoms with Crippen LogP contribution in [0.3, 0.4) is 0 Å². The minimum absolute atomic E-state index is 0.211. The number of nitrogens with zero attached hydrogens (tertiary/aromatic N) is 2. The Morgan fingerprint density at radius 3 is 2.72 bits per heavy atom. The van der Waals surface area contributed by atoms with Crippen molar-refractivity contribution < 1.29 is 14.3 Å². The quantitative estimate of drug-likeness (QED) is 0.337. The zero-order chi connectivity index (χ0) is 20.8. The summed E-state index contributed by atoms with van der Waals surface area (Å²) in [5, 5.41) is 0.957. The molecule has 5 N–H and O–H groups in total. The number of urea groups is 1. The van der Waals surface area contributed by atoms with Gasteiger partial charge in [-0.15, -0.1) is 0 Å². The fraction of sp³-hybridized carbons (Fsp3) is 0.143. The van der Waals surface area contributed by atoms with Gasteiger partial charge in [0.1, 0.15) is 18.1 Å². The zero-order valence-corrected chi connectivity index (χ0v) is 16.3. The molecule has 3 rings (SSSR count). The molecular weight excluding hydrogens is 370 g/mol. The van der Waals surface area contributed by atoms with Crippen molar-refractivity contribution in [1.82, 2.24) is 10.4 Å². The molecule has 0 atom stereocenters. The SMILES string of the molecule is COc1ccccc1-c1cc(OCc2c(C)cccc2N(N)C(=O)NN)ccn1. The summed E-state index contributed by atoms with van der Waals surface area (Å²) in [5.74, 6) is 12.4. The van der Waals surface area contributed by atoms with Gasteiger partial charge < -0.3 is 9.47 Å². The Balaban J connectivity index is 1.85. The molecule has 8 heteroatoms. The third kappa shape index (κ3) is 4.45. The lowest BCUT2D eigenvalue weighted by Crippen LogP contribution is -2.48. The Bertz CT molecular complexity index is 1010. The minimum atomic E-state index is -0.626. The van der Waals surface area contributed by atoms with E-state index in [1.165, 1.54) is 0 Å². The number of methoxy groups -OCH3 is 1. The van der Waals surface area contributed by atoms with Crippen LogP contribution in [0.15, 0.2) is 60.8 Å². The first-order chi connectivity index (χ1) is 14.0. The molecular formula is C21H23N5O3. The van der Waals surface area contributed by atoms with Crippen LogP contribution in [0, 0.1) is 6.92 Å². The van der Waals surface area contributed by atoms with Crippen molar-refractivity contribution in [3.63, 3.8) is 0 Å². The van der Waals surface area contributed by atoms with E-state index < -0.39 is 6.03 Å². The highest BCUT2D eigenvalue weighted by Gasteiger charge is 2.16. The van der Waals surface area contributed by atoms with E-state index in [0.717, 1.165) is 33.1 Å². The largest absolute Gasteiger partial charge is 0.496 e. The molecule has 0 spiro atoms. The molecule has 0 radical (unpaired) electrons. The van der Waals surface area contributed by atoms with Crippen LogP contribution < -0.4 is 31.6 Å². The number of anilines is 1. The molecule has 0 bridgehead atoms. The van der Waals surface area contributed by atoms with Gasteiger partial charge in [0.2, 0.25) is 0 Å². The second kappa shape index (κ2) is 9.05. The first-order valence-corrected chi connectivity index (χ1v) is 8.91. The topological polar surface area (TPSA) is 116 Å². The number of amides is 2. The summed E-state index contributed by atoms with van der Waals surface area (Å²) in [6.45, 7) is 2.13. The van der Waals surface area contributed by atoms with Crippen molar-refractivity contribution in [2.45, 2.75) is 13.5 Å². The van der Waals surface area contributed by atoms with E-state index in [1.54, 1.807) is 25.4 Å². The third-order valence-electron chi connectivity index (χ3n) is 4.48. The maximum absolute atomic E-state index is 11.8. The minimum Gasteiger partial charge on any atom is -0.496 e. The number of aryl methyl sites for hydroxylation is 1. The van der Waals surface area contributed by atoms with E-state index >= 15 is 0 Å². The van der Waals surface area contributed by atoms with Gasteiger partial charge in [0.25, 0.3) is 0 Å². The average molecular weight is 393 g/mol. The molecule has 0 unspecified atom stereocenters. The Labute approximate surface area is 169 Å². The number of nitrogens with one attached hydrogen (secondary N) is 1. The van der Waals surface area contributed by atoms with Gasteiger partial charge in [-0.1, -0.05) is 24.3 Å². The lowest BCUT2D eigenvalue weighted by atomic mass is 10.1. The smallest absolute Gasteiger partial charge is 0.350 e. The van der Waals surface area contributed by atoms with Gasteiger partial charge in [-0.2, -0.15) is 0 Å². The molecule has 0 saturated heterocycles. The standard InChI is InChI=1S/C21H23N5O3/c1-14-6-5-8-19(26(23)21(27)25-22)17(14)13-29-15-10-11-24-18(12-15)16-7-3-4-9-20(16)28-2/h3-12H,13,22-23H2,1-2H3,(H,25,27). The number of para-hydroxylation sites is 1. The van der Waals surface area contributed by atoms with Gasteiger partial charge in [0, 0.05) is 23.4 Å². The molecule has 1 aromatic heterocycles. The molecule has 0 saturated carbocycles. The molecule has 29 heavy (non-hydrogen) atoms. The first kappa shape index (κ1) is 20.1. The average Bonchev–Trinajstić information content (AvgIpc) is 2.77. The number of hydrogen-bond donors (Lipinski definition) is 3. The molecule has 0 fully saturated rings. The maximum atomic E-state index is 11.8. The number of nitrogens with two attached hydrogens (primary N) is 2. The molecule has 0 aliphatic rings. The molecule has 0 aliphatic heterocycles. The van der Waals surface area contributed by atoms with Gasteiger partial charge in [-0.25, -0.2) is 21.5 Å². The summed E-state index contributed by atoms with van der Waals surface area (Å²) in [5.41, 5.74) is 5.83. The van der Waals surface area contributed by atoms with Crippen molar-refractivity contribution >= 4 is 11.7 Å². The number of aromatic nitrogens is 1. The number of hydrazine groups is 2. The summed E-state index contributed by atoms with van der Waals surface area (Å²) >= 11 is 0. The molecule has 2 amide bonds. The summed E-state index contributed by atoms with van der Waals surface area (Å²) < 4.78 is 11.4. The monoisotopic (exact) mass is 393 g/mol. The number of hydrogen-bond acceptors (Lipinski definition) is 6. The second-order valence-electron chi connectivity index (χ2n) is 6.26. The summed E-state index contributed by atoms with van der Waals surface area (Å²) in [4.78, 5) is 16.2. The van der Waals surface area contributed by atoms with Crippen molar-refractivity contribution in [3.8, 4) is 22.8 Å². The van der Waals surface area contributed by atoms with Crippen molar-refractivity contribution in [2.24, 2.45) is 11.7 Å². The molecule has 8 nitrogen and oxygen atoms in total. The molecule has 1 heterocycles. The van der Waals surface area contributed by atoms with E-state index in [-0.39, 0.29) is 6.61 Å². The van der Waals surface area contributed by atoms with Crippen LogP contribution in [-0.4, -0.2) is 18.1 Å². The van der Waals surface area contributed by atoms with E-state index in [1.807, 2.05) is 54.8 Å². The van der Waals surface area contributed by atoms with Crippen LogP contribution in [0.25, 0.3) is 11.3 Å². The Hall–Kier alpha value is -3.62. The normalized spacial score (nSPS) is 10.3. The van der Waals surface area contributed by atoms with E-state index in [4.69, 9.17) is 21.2 Å². The molecule has 3 aromatic rings.